The van der Waals surface area contributed by atoms with E-state index in [0.29, 0.717) is 5.56 Å². The van der Waals surface area contributed by atoms with Crippen LogP contribution in [0.3, 0.4) is 0 Å². The van der Waals surface area contributed by atoms with Gasteiger partial charge >= 0.3 is 0 Å². The highest BCUT2D eigenvalue weighted by atomic mass is 79.9. The van der Waals surface area contributed by atoms with Crippen LogP contribution < -0.4 is 0 Å². The van der Waals surface area contributed by atoms with Crippen molar-refractivity contribution in [3.8, 4) is 0 Å². The molecule has 1 aromatic rings. The SMILES string of the molecule is O=C=NCc1cc(F)c(Br)c(Cl)c1. The van der Waals surface area contributed by atoms with Crippen LogP contribution in [0.25, 0.3) is 0 Å². The first-order valence-electron chi connectivity index (χ1n) is 3.32. The van der Waals surface area contributed by atoms with Gasteiger partial charge in [-0.05, 0) is 33.6 Å². The molecule has 0 saturated heterocycles. The Morgan fingerprint density at radius 1 is 1.62 bits per heavy atom. The van der Waals surface area contributed by atoms with E-state index in [1.807, 2.05) is 0 Å². The molecule has 0 fully saturated rings. The molecule has 0 unspecified atom stereocenters. The summed E-state index contributed by atoms with van der Waals surface area (Å²) in [5.74, 6) is -0.469. The highest BCUT2D eigenvalue weighted by molar-refractivity contribution is 9.10. The summed E-state index contributed by atoms with van der Waals surface area (Å²) in [5, 5.41) is 0.260. The number of rotatable bonds is 2. The van der Waals surface area contributed by atoms with E-state index in [1.165, 1.54) is 18.2 Å². The predicted molar refractivity (Wildman–Crippen MR) is 50.9 cm³/mol. The molecule has 1 rings (SSSR count). The van der Waals surface area contributed by atoms with E-state index < -0.39 is 5.82 Å². The fraction of sp³-hybridized carbons (Fsp3) is 0.125. The Morgan fingerprint density at radius 3 is 2.85 bits per heavy atom. The van der Waals surface area contributed by atoms with Crippen molar-refractivity contribution in [2.75, 3.05) is 0 Å². The first kappa shape index (κ1) is 10.4. The third-order valence-electron chi connectivity index (χ3n) is 1.37. The number of halogens is 3. The molecule has 0 amide bonds. The van der Waals surface area contributed by atoms with Gasteiger partial charge in [0.05, 0.1) is 16.0 Å². The first-order chi connectivity index (χ1) is 6.15. The Kier molecular flexibility index (Phi) is 3.60. The minimum absolute atomic E-state index is 0.0907. The van der Waals surface area contributed by atoms with Crippen LogP contribution in [-0.2, 0) is 11.3 Å². The monoisotopic (exact) mass is 263 g/mol. The molecule has 1 aromatic carbocycles. The van der Waals surface area contributed by atoms with Crippen molar-refractivity contribution in [3.63, 3.8) is 0 Å². The molecule has 0 spiro atoms. The van der Waals surface area contributed by atoms with Gasteiger partial charge in [0.1, 0.15) is 5.82 Å². The van der Waals surface area contributed by atoms with Gasteiger partial charge in [-0.25, -0.2) is 14.2 Å². The summed E-state index contributed by atoms with van der Waals surface area (Å²) in [5.41, 5.74) is 0.536. The van der Waals surface area contributed by atoms with Gasteiger partial charge in [0, 0.05) is 0 Å². The van der Waals surface area contributed by atoms with Crippen molar-refractivity contribution in [2.45, 2.75) is 6.54 Å². The molecule has 0 atom stereocenters. The molecule has 2 nitrogen and oxygen atoms in total. The Bertz CT molecular complexity index is 353. The molecule has 13 heavy (non-hydrogen) atoms. The molecular formula is C8H4BrClFNO. The molecular weight excluding hydrogens is 260 g/mol. The Morgan fingerprint density at radius 2 is 2.31 bits per heavy atom. The fourth-order valence-corrected chi connectivity index (χ4v) is 1.28. The second-order valence-corrected chi connectivity index (χ2v) is 3.48. The third kappa shape index (κ3) is 2.62. The van der Waals surface area contributed by atoms with Gasteiger partial charge in [-0.15, -0.1) is 0 Å². The van der Waals surface area contributed by atoms with Gasteiger partial charge in [0.2, 0.25) is 6.08 Å². The lowest BCUT2D eigenvalue weighted by Crippen LogP contribution is -1.86. The van der Waals surface area contributed by atoms with Gasteiger partial charge in [0.25, 0.3) is 0 Å². The van der Waals surface area contributed by atoms with Crippen LogP contribution in [0, 0.1) is 5.82 Å². The summed E-state index contributed by atoms with van der Waals surface area (Å²) in [6, 6.07) is 2.80. The Hall–Kier alpha value is -0.700. The van der Waals surface area contributed by atoms with Gasteiger partial charge in [-0.3, -0.25) is 0 Å². The van der Waals surface area contributed by atoms with E-state index in [2.05, 4.69) is 20.9 Å². The van der Waals surface area contributed by atoms with Crippen molar-refractivity contribution in [3.05, 3.63) is 33.0 Å². The standard InChI is InChI=1S/C8H4BrClFNO/c9-8-6(10)1-5(2-7(8)11)3-12-4-13/h1-2H,3H2. The van der Waals surface area contributed by atoms with Gasteiger partial charge < -0.3 is 0 Å². The lowest BCUT2D eigenvalue weighted by atomic mass is 10.2. The molecule has 0 saturated carbocycles. The first-order valence-corrected chi connectivity index (χ1v) is 4.49. The number of benzene rings is 1. The smallest absolute Gasteiger partial charge is 0.211 e. The maximum atomic E-state index is 13.0. The summed E-state index contributed by atoms with van der Waals surface area (Å²) in [6.45, 7) is 0.0907. The van der Waals surface area contributed by atoms with E-state index in [4.69, 9.17) is 11.6 Å². The highest BCUT2D eigenvalue weighted by Gasteiger charge is 2.05. The molecule has 0 radical (unpaired) electrons. The zero-order valence-electron chi connectivity index (χ0n) is 6.35. The van der Waals surface area contributed by atoms with E-state index >= 15 is 0 Å². The molecule has 0 bridgehead atoms. The predicted octanol–water partition coefficient (Wildman–Crippen LogP) is 3.08. The minimum atomic E-state index is -0.469. The molecule has 5 heteroatoms. The number of carbonyl (C=O) groups excluding carboxylic acids is 1. The van der Waals surface area contributed by atoms with Crippen molar-refractivity contribution >= 4 is 33.6 Å². The van der Waals surface area contributed by atoms with Crippen molar-refractivity contribution in [1.29, 1.82) is 0 Å². The van der Waals surface area contributed by atoms with E-state index in [9.17, 15) is 9.18 Å². The van der Waals surface area contributed by atoms with Crippen LogP contribution in [0.4, 0.5) is 4.39 Å². The zero-order chi connectivity index (χ0) is 9.84. The number of nitrogens with zero attached hydrogens (tertiary/aromatic N) is 1. The van der Waals surface area contributed by atoms with Crippen LogP contribution in [0.15, 0.2) is 21.6 Å². The molecule has 68 valence electrons. The van der Waals surface area contributed by atoms with Crippen LogP contribution in [0.1, 0.15) is 5.56 Å². The minimum Gasteiger partial charge on any atom is -0.211 e. The molecule has 0 aliphatic carbocycles. The van der Waals surface area contributed by atoms with Crippen LogP contribution in [-0.4, -0.2) is 6.08 Å². The normalized spacial score (nSPS) is 9.46. The van der Waals surface area contributed by atoms with Gasteiger partial charge in [-0.1, -0.05) is 11.6 Å². The summed E-state index contributed by atoms with van der Waals surface area (Å²) < 4.78 is 13.2. The lowest BCUT2D eigenvalue weighted by Gasteiger charge is -2.00. The number of hydrogen-bond donors (Lipinski definition) is 0. The van der Waals surface area contributed by atoms with Crippen molar-refractivity contribution in [1.82, 2.24) is 0 Å². The molecule has 0 aromatic heterocycles. The summed E-state index contributed by atoms with van der Waals surface area (Å²) in [7, 11) is 0. The van der Waals surface area contributed by atoms with E-state index in [1.54, 1.807) is 0 Å². The Balaban J connectivity index is 3.05. The topological polar surface area (TPSA) is 29.4 Å². The zero-order valence-corrected chi connectivity index (χ0v) is 8.69. The third-order valence-corrected chi connectivity index (χ3v) is 2.70. The largest absolute Gasteiger partial charge is 0.235 e. The number of isocyanates is 1. The van der Waals surface area contributed by atoms with Crippen molar-refractivity contribution in [2.24, 2.45) is 4.99 Å². The highest BCUT2D eigenvalue weighted by Crippen LogP contribution is 2.26. The lowest BCUT2D eigenvalue weighted by molar-refractivity contribution is 0.562. The van der Waals surface area contributed by atoms with Crippen LogP contribution in [0.2, 0.25) is 5.02 Å². The number of hydrogen-bond acceptors (Lipinski definition) is 2. The van der Waals surface area contributed by atoms with Crippen LogP contribution >= 0.6 is 27.5 Å². The summed E-state index contributed by atoms with van der Waals surface area (Å²) in [6.07, 6.45) is 1.37. The molecule has 0 N–H and O–H groups in total. The van der Waals surface area contributed by atoms with E-state index in [0.717, 1.165) is 0 Å². The second-order valence-electron chi connectivity index (χ2n) is 2.28. The van der Waals surface area contributed by atoms with Crippen LogP contribution in [0.5, 0.6) is 0 Å². The summed E-state index contributed by atoms with van der Waals surface area (Å²) >= 11 is 8.64. The molecule has 0 heterocycles. The second kappa shape index (κ2) is 4.51. The fourth-order valence-electron chi connectivity index (χ4n) is 0.823. The van der Waals surface area contributed by atoms with Gasteiger partial charge in [-0.2, -0.15) is 0 Å². The molecule has 0 aliphatic rings. The quantitative estimate of drug-likeness (QED) is 0.458. The molecule has 0 aliphatic heterocycles. The van der Waals surface area contributed by atoms with E-state index in [-0.39, 0.29) is 16.0 Å². The number of aliphatic imine (C=N–C) groups is 1. The average Bonchev–Trinajstić information content (AvgIpc) is 2.10. The average molecular weight is 264 g/mol. The van der Waals surface area contributed by atoms with Gasteiger partial charge in [0.15, 0.2) is 0 Å². The van der Waals surface area contributed by atoms with Crippen molar-refractivity contribution < 1.29 is 9.18 Å². The maximum Gasteiger partial charge on any atom is 0.235 e. The Labute approximate surface area is 87.6 Å². The summed E-state index contributed by atoms with van der Waals surface area (Å²) in [4.78, 5) is 13.1. The maximum absolute atomic E-state index is 13.0.